The summed E-state index contributed by atoms with van der Waals surface area (Å²) in [5.74, 6) is 0.477. The molecule has 0 aliphatic carbocycles. The molecule has 2 saturated heterocycles. The Morgan fingerprint density at radius 2 is 1.96 bits per heavy atom. The van der Waals surface area contributed by atoms with Crippen LogP contribution < -0.4 is 9.64 Å². The number of likely N-dealkylation sites (tertiary alicyclic amines) is 1. The lowest BCUT2D eigenvalue weighted by molar-refractivity contribution is -0.138. The first-order chi connectivity index (χ1) is 12.1. The molecular weight excluding hydrogens is 320 g/mol. The predicted molar refractivity (Wildman–Crippen MR) is 94.7 cm³/mol. The molecule has 25 heavy (non-hydrogen) atoms. The Balaban J connectivity index is 1.67. The van der Waals surface area contributed by atoms with Gasteiger partial charge in [-0.25, -0.2) is 0 Å². The van der Waals surface area contributed by atoms with Gasteiger partial charge in [0.05, 0.1) is 24.3 Å². The first-order valence-electron chi connectivity index (χ1n) is 8.97. The van der Waals surface area contributed by atoms with Crippen molar-refractivity contribution in [2.45, 2.75) is 32.3 Å². The summed E-state index contributed by atoms with van der Waals surface area (Å²) < 4.78 is 11.0. The zero-order chi connectivity index (χ0) is 17.8. The number of carbonyl (C=O) groups excluding carboxylic acids is 2. The van der Waals surface area contributed by atoms with E-state index in [2.05, 4.69) is 0 Å². The second-order valence-corrected chi connectivity index (χ2v) is 6.57. The van der Waals surface area contributed by atoms with Gasteiger partial charge in [0.15, 0.2) is 0 Å². The fraction of sp³-hybridized carbons (Fsp3) is 0.579. The van der Waals surface area contributed by atoms with Gasteiger partial charge in [-0.05, 0) is 31.9 Å². The van der Waals surface area contributed by atoms with Gasteiger partial charge in [0.25, 0.3) is 0 Å². The van der Waals surface area contributed by atoms with Crippen molar-refractivity contribution in [2.24, 2.45) is 5.92 Å². The van der Waals surface area contributed by atoms with E-state index in [9.17, 15) is 9.59 Å². The number of benzene rings is 1. The van der Waals surface area contributed by atoms with E-state index >= 15 is 0 Å². The molecule has 0 spiro atoms. The second kappa shape index (κ2) is 7.87. The van der Waals surface area contributed by atoms with Crippen LogP contribution in [0.5, 0.6) is 5.75 Å². The number of para-hydroxylation sites is 2. The summed E-state index contributed by atoms with van der Waals surface area (Å²) >= 11 is 0. The van der Waals surface area contributed by atoms with Crippen LogP contribution in [-0.4, -0.2) is 56.2 Å². The Kier molecular flexibility index (Phi) is 5.58. The minimum atomic E-state index is -0.277. The number of hydrogen-bond donors (Lipinski definition) is 0. The van der Waals surface area contributed by atoms with Gasteiger partial charge in [0.2, 0.25) is 11.8 Å². The predicted octanol–water partition coefficient (Wildman–Crippen LogP) is 2.08. The van der Waals surface area contributed by atoms with Crippen molar-refractivity contribution < 1.29 is 19.1 Å². The zero-order valence-corrected chi connectivity index (χ0v) is 14.9. The maximum atomic E-state index is 12.8. The number of amides is 2. The summed E-state index contributed by atoms with van der Waals surface area (Å²) in [4.78, 5) is 28.9. The summed E-state index contributed by atoms with van der Waals surface area (Å²) in [6.07, 6.45) is 2.23. The van der Waals surface area contributed by atoms with Crippen molar-refractivity contribution in [1.82, 2.24) is 4.90 Å². The third-order valence-corrected chi connectivity index (χ3v) is 5.02. The molecule has 2 heterocycles. The van der Waals surface area contributed by atoms with Crippen LogP contribution in [0.1, 0.15) is 26.2 Å². The van der Waals surface area contributed by atoms with Gasteiger partial charge in [0, 0.05) is 33.2 Å². The van der Waals surface area contributed by atoms with Crippen molar-refractivity contribution in [3.8, 4) is 5.75 Å². The maximum Gasteiger partial charge on any atom is 0.228 e. The van der Waals surface area contributed by atoms with Crippen LogP contribution in [-0.2, 0) is 14.3 Å². The Morgan fingerprint density at radius 1 is 1.24 bits per heavy atom. The van der Waals surface area contributed by atoms with Gasteiger partial charge in [-0.1, -0.05) is 12.1 Å². The lowest BCUT2D eigenvalue weighted by atomic mass is 10.0. The average molecular weight is 346 g/mol. The standard InChI is InChI=1S/C19H26N2O4/c1-3-25-17-7-5-4-6-16(17)21-13-14(12-18(21)22)19(23)20-10-8-15(24-2)9-11-20/h4-7,14-15H,3,8-13H2,1-2H3/t14-/m1/s1. The molecule has 6 heteroatoms. The van der Waals surface area contributed by atoms with Crippen molar-refractivity contribution in [3.63, 3.8) is 0 Å². The molecule has 0 bridgehead atoms. The van der Waals surface area contributed by atoms with Crippen LogP contribution in [0.2, 0.25) is 0 Å². The van der Waals surface area contributed by atoms with Crippen molar-refractivity contribution in [3.05, 3.63) is 24.3 Å². The molecule has 2 aliphatic heterocycles. The number of ether oxygens (including phenoxy) is 2. The van der Waals surface area contributed by atoms with E-state index in [1.807, 2.05) is 36.1 Å². The largest absolute Gasteiger partial charge is 0.492 e. The highest BCUT2D eigenvalue weighted by Crippen LogP contribution is 2.33. The molecule has 0 unspecified atom stereocenters. The van der Waals surface area contributed by atoms with Crippen LogP contribution in [0.15, 0.2) is 24.3 Å². The molecular formula is C19H26N2O4. The van der Waals surface area contributed by atoms with Crippen molar-refractivity contribution in [1.29, 1.82) is 0 Å². The van der Waals surface area contributed by atoms with Crippen LogP contribution in [0.25, 0.3) is 0 Å². The van der Waals surface area contributed by atoms with E-state index in [1.165, 1.54) is 0 Å². The van der Waals surface area contributed by atoms with Gasteiger partial charge >= 0.3 is 0 Å². The van der Waals surface area contributed by atoms with Gasteiger partial charge in [0.1, 0.15) is 5.75 Å². The van der Waals surface area contributed by atoms with Crippen molar-refractivity contribution in [2.75, 3.05) is 38.3 Å². The van der Waals surface area contributed by atoms with E-state index in [4.69, 9.17) is 9.47 Å². The lowest BCUT2D eigenvalue weighted by Crippen LogP contribution is -2.44. The minimum absolute atomic E-state index is 0.0164. The number of anilines is 1. The average Bonchev–Trinajstić information content (AvgIpc) is 3.03. The van der Waals surface area contributed by atoms with E-state index in [-0.39, 0.29) is 30.3 Å². The van der Waals surface area contributed by atoms with Gasteiger partial charge in [-0.15, -0.1) is 0 Å². The van der Waals surface area contributed by atoms with Crippen LogP contribution in [0.4, 0.5) is 5.69 Å². The molecule has 0 aromatic heterocycles. The molecule has 0 saturated carbocycles. The molecule has 3 rings (SSSR count). The first kappa shape index (κ1) is 17.7. The Bertz CT molecular complexity index is 626. The highest BCUT2D eigenvalue weighted by atomic mass is 16.5. The van der Waals surface area contributed by atoms with Gasteiger partial charge in [-0.3, -0.25) is 9.59 Å². The van der Waals surface area contributed by atoms with Gasteiger partial charge in [-0.2, -0.15) is 0 Å². The normalized spacial score (nSPS) is 21.7. The van der Waals surface area contributed by atoms with Crippen molar-refractivity contribution >= 4 is 17.5 Å². The number of nitrogens with zero attached hydrogens (tertiary/aromatic N) is 2. The Labute approximate surface area is 148 Å². The number of carbonyl (C=O) groups is 2. The lowest BCUT2D eigenvalue weighted by Gasteiger charge is -2.32. The molecule has 2 aliphatic rings. The molecule has 0 N–H and O–H groups in total. The highest BCUT2D eigenvalue weighted by molar-refractivity contribution is 6.01. The topological polar surface area (TPSA) is 59.1 Å². The van der Waals surface area contributed by atoms with Crippen LogP contribution in [0.3, 0.4) is 0 Å². The Hall–Kier alpha value is -2.08. The van der Waals surface area contributed by atoms with E-state index in [1.54, 1.807) is 12.0 Å². The summed E-state index contributed by atoms with van der Waals surface area (Å²) in [7, 11) is 1.71. The summed E-state index contributed by atoms with van der Waals surface area (Å²) in [6.45, 7) is 4.29. The SMILES string of the molecule is CCOc1ccccc1N1C[C@H](C(=O)N2CCC(OC)CC2)CC1=O. The van der Waals surface area contributed by atoms with Crippen LogP contribution in [0, 0.1) is 5.92 Å². The summed E-state index contributed by atoms with van der Waals surface area (Å²) in [5.41, 5.74) is 0.753. The maximum absolute atomic E-state index is 12.8. The molecule has 1 aromatic carbocycles. The van der Waals surface area contributed by atoms with E-state index in [0.717, 1.165) is 18.5 Å². The van der Waals surface area contributed by atoms with E-state index in [0.29, 0.717) is 32.0 Å². The molecule has 1 aromatic rings. The molecule has 2 amide bonds. The monoisotopic (exact) mass is 346 g/mol. The first-order valence-corrected chi connectivity index (χ1v) is 8.97. The molecule has 6 nitrogen and oxygen atoms in total. The quantitative estimate of drug-likeness (QED) is 0.819. The zero-order valence-electron chi connectivity index (χ0n) is 14.9. The summed E-state index contributed by atoms with van der Waals surface area (Å²) in [6, 6.07) is 7.50. The number of rotatable bonds is 5. The molecule has 136 valence electrons. The van der Waals surface area contributed by atoms with Crippen LogP contribution >= 0.6 is 0 Å². The molecule has 0 radical (unpaired) electrons. The Morgan fingerprint density at radius 3 is 2.64 bits per heavy atom. The fourth-order valence-electron chi connectivity index (χ4n) is 3.63. The smallest absolute Gasteiger partial charge is 0.228 e. The van der Waals surface area contributed by atoms with Gasteiger partial charge < -0.3 is 19.3 Å². The minimum Gasteiger partial charge on any atom is -0.492 e. The number of hydrogen-bond acceptors (Lipinski definition) is 4. The fourth-order valence-corrected chi connectivity index (χ4v) is 3.63. The summed E-state index contributed by atoms with van der Waals surface area (Å²) in [5, 5.41) is 0. The second-order valence-electron chi connectivity index (χ2n) is 6.57. The molecule has 1 atom stereocenters. The molecule has 2 fully saturated rings. The van der Waals surface area contributed by atoms with E-state index < -0.39 is 0 Å². The third-order valence-electron chi connectivity index (χ3n) is 5.02. The third kappa shape index (κ3) is 3.79. The number of piperidine rings is 1. The highest BCUT2D eigenvalue weighted by Gasteiger charge is 2.38. The number of methoxy groups -OCH3 is 1.